The highest BCUT2D eigenvalue weighted by molar-refractivity contribution is 6.25. The number of phenolic OH excluding ortho intramolecular Hbond substituents is 1. The van der Waals surface area contributed by atoms with Crippen molar-refractivity contribution in [1.29, 1.82) is 0 Å². The van der Waals surface area contributed by atoms with Gasteiger partial charge in [-0.25, -0.2) is 4.90 Å². The molecular formula is C33H24N2O7. The van der Waals surface area contributed by atoms with Gasteiger partial charge in [-0.2, -0.15) is 0 Å². The van der Waals surface area contributed by atoms with E-state index in [9.17, 15) is 34.4 Å². The highest BCUT2D eigenvalue weighted by Gasteiger charge is 2.57. The van der Waals surface area contributed by atoms with Crippen molar-refractivity contribution in [2.45, 2.75) is 25.7 Å². The second-order valence-electron chi connectivity index (χ2n) is 11.2. The molecule has 0 radical (unpaired) electrons. The van der Waals surface area contributed by atoms with Gasteiger partial charge in [-0.1, -0.05) is 54.1 Å². The molecule has 3 aliphatic carbocycles. The fourth-order valence-corrected chi connectivity index (χ4v) is 7.24. The largest absolute Gasteiger partial charge is 0.507 e. The SMILES string of the molecule is CC1=CC(=O)C2=C(C[C@@H]3C(=CC[C@@H]4C(=O)N(c5cccc([N+](=O)[O-])c5)C(=O)[C@@H]43)[C@@H]2c2ccc3ccccc3c2O)C1=O. The molecule has 1 heterocycles. The van der Waals surface area contributed by atoms with Crippen molar-refractivity contribution >= 4 is 45.5 Å². The normalized spacial score (nSPS) is 25.2. The summed E-state index contributed by atoms with van der Waals surface area (Å²) in [5, 5.41) is 24.3. The number of amides is 2. The van der Waals surface area contributed by atoms with Gasteiger partial charge in [-0.15, -0.1) is 0 Å². The van der Waals surface area contributed by atoms with Crippen LogP contribution in [0.15, 0.2) is 95.1 Å². The van der Waals surface area contributed by atoms with E-state index in [4.69, 9.17) is 0 Å². The second kappa shape index (κ2) is 9.17. The topological polar surface area (TPSA) is 135 Å². The van der Waals surface area contributed by atoms with Crippen LogP contribution >= 0.6 is 0 Å². The molecule has 1 N–H and O–H groups in total. The summed E-state index contributed by atoms with van der Waals surface area (Å²) in [5.41, 5.74) is 1.95. The maximum absolute atomic E-state index is 14.0. The van der Waals surface area contributed by atoms with Crippen LogP contribution in [-0.2, 0) is 19.2 Å². The number of non-ortho nitro benzene ring substituents is 1. The van der Waals surface area contributed by atoms with E-state index in [1.807, 2.05) is 24.3 Å². The van der Waals surface area contributed by atoms with Crippen molar-refractivity contribution in [3.05, 3.63) is 111 Å². The van der Waals surface area contributed by atoms with Crippen molar-refractivity contribution in [3.63, 3.8) is 0 Å². The molecule has 0 spiro atoms. The average molecular weight is 561 g/mol. The summed E-state index contributed by atoms with van der Waals surface area (Å²) in [7, 11) is 0. The summed E-state index contributed by atoms with van der Waals surface area (Å²) < 4.78 is 0. The zero-order chi connectivity index (χ0) is 29.4. The molecule has 0 saturated carbocycles. The Kier molecular flexibility index (Phi) is 5.63. The summed E-state index contributed by atoms with van der Waals surface area (Å²) in [5.74, 6) is -4.46. The van der Waals surface area contributed by atoms with Crippen molar-refractivity contribution in [2.24, 2.45) is 17.8 Å². The Morgan fingerprint density at radius 2 is 1.74 bits per heavy atom. The number of anilines is 1. The molecule has 0 aromatic heterocycles. The number of rotatable bonds is 3. The summed E-state index contributed by atoms with van der Waals surface area (Å²) >= 11 is 0. The number of hydrogen-bond acceptors (Lipinski definition) is 7. The summed E-state index contributed by atoms with van der Waals surface area (Å²) in [6, 6.07) is 16.3. The molecule has 1 saturated heterocycles. The first-order valence-electron chi connectivity index (χ1n) is 13.7. The fourth-order valence-electron chi connectivity index (χ4n) is 7.24. The van der Waals surface area contributed by atoms with Crippen molar-refractivity contribution < 1.29 is 29.2 Å². The fraction of sp³-hybridized carbons (Fsp3) is 0.212. The summed E-state index contributed by atoms with van der Waals surface area (Å²) in [4.78, 5) is 66.5. The number of phenols is 1. The predicted octanol–water partition coefficient (Wildman–Crippen LogP) is 5.09. The number of allylic oxidation sites excluding steroid dienone is 6. The molecule has 4 atom stereocenters. The van der Waals surface area contributed by atoms with Gasteiger partial charge in [0.15, 0.2) is 11.6 Å². The number of carbonyl (C=O) groups is 4. The highest BCUT2D eigenvalue weighted by Crippen LogP contribution is 2.56. The van der Waals surface area contributed by atoms with Crippen LogP contribution in [0.4, 0.5) is 11.4 Å². The van der Waals surface area contributed by atoms with E-state index < -0.39 is 40.4 Å². The van der Waals surface area contributed by atoms with Gasteiger partial charge in [0.05, 0.1) is 22.4 Å². The van der Waals surface area contributed by atoms with Crippen LogP contribution in [0.5, 0.6) is 5.75 Å². The zero-order valence-electron chi connectivity index (χ0n) is 22.4. The van der Waals surface area contributed by atoms with Gasteiger partial charge in [0, 0.05) is 45.7 Å². The Hall–Kier alpha value is -5.18. The van der Waals surface area contributed by atoms with Crippen LogP contribution in [0, 0.1) is 27.9 Å². The van der Waals surface area contributed by atoms with Gasteiger partial charge in [0.2, 0.25) is 11.8 Å². The number of aromatic hydroxyl groups is 1. The van der Waals surface area contributed by atoms with Crippen LogP contribution in [0.25, 0.3) is 10.8 Å². The van der Waals surface area contributed by atoms with Crippen LogP contribution in [0.3, 0.4) is 0 Å². The van der Waals surface area contributed by atoms with E-state index in [0.29, 0.717) is 27.7 Å². The van der Waals surface area contributed by atoms with Crippen molar-refractivity contribution in [3.8, 4) is 5.75 Å². The molecule has 0 unspecified atom stereocenters. The van der Waals surface area contributed by atoms with E-state index in [1.165, 1.54) is 30.3 Å². The van der Waals surface area contributed by atoms with E-state index in [0.717, 1.165) is 15.9 Å². The molecule has 208 valence electrons. The number of Topliss-reactive ketones (excluding diaryl/α,β-unsaturated/α-hetero) is 1. The van der Waals surface area contributed by atoms with Crippen LogP contribution in [0.1, 0.15) is 31.2 Å². The van der Waals surface area contributed by atoms with Crippen molar-refractivity contribution in [1.82, 2.24) is 0 Å². The summed E-state index contributed by atoms with van der Waals surface area (Å²) in [6.45, 7) is 1.58. The predicted molar refractivity (Wildman–Crippen MR) is 153 cm³/mol. The van der Waals surface area contributed by atoms with E-state index >= 15 is 0 Å². The third kappa shape index (κ3) is 3.56. The molecule has 4 aliphatic rings. The lowest BCUT2D eigenvalue weighted by Gasteiger charge is -2.42. The minimum atomic E-state index is -0.829. The van der Waals surface area contributed by atoms with E-state index in [1.54, 1.807) is 25.1 Å². The van der Waals surface area contributed by atoms with Gasteiger partial charge >= 0.3 is 0 Å². The Bertz CT molecular complexity index is 1900. The monoisotopic (exact) mass is 560 g/mol. The first kappa shape index (κ1) is 25.8. The maximum Gasteiger partial charge on any atom is 0.271 e. The first-order chi connectivity index (χ1) is 20.2. The second-order valence-corrected chi connectivity index (χ2v) is 11.2. The van der Waals surface area contributed by atoms with Crippen LogP contribution in [0.2, 0.25) is 0 Å². The van der Waals surface area contributed by atoms with Gasteiger partial charge in [-0.3, -0.25) is 29.3 Å². The van der Waals surface area contributed by atoms with Gasteiger partial charge in [0.25, 0.3) is 5.69 Å². The Balaban J connectivity index is 1.38. The number of hydrogen-bond donors (Lipinski definition) is 1. The molecule has 42 heavy (non-hydrogen) atoms. The minimum Gasteiger partial charge on any atom is -0.507 e. The molecule has 1 aliphatic heterocycles. The number of ketones is 2. The third-order valence-electron chi connectivity index (χ3n) is 9.10. The van der Waals surface area contributed by atoms with Gasteiger partial charge in [0.1, 0.15) is 5.75 Å². The molecule has 7 rings (SSSR count). The smallest absolute Gasteiger partial charge is 0.271 e. The lowest BCUT2D eigenvalue weighted by Crippen LogP contribution is -2.39. The van der Waals surface area contributed by atoms with Gasteiger partial charge in [-0.05, 0) is 43.2 Å². The molecule has 1 fully saturated rings. The zero-order valence-corrected chi connectivity index (χ0v) is 22.4. The lowest BCUT2D eigenvalue weighted by atomic mass is 9.59. The van der Waals surface area contributed by atoms with Gasteiger partial charge < -0.3 is 5.11 Å². The molecule has 3 aromatic rings. The number of imide groups is 1. The Morgan fingerprint density at radius 3 is 2.52 bits per heavy atom. The first-order valence-corrected chi connectivity index (χ1v) is 13.7. The third-order valence-corrected chi connectivity index (χ3v) is 9.10. The number of carbonyl (C=O) groups excluding carboxylic acids is 4. The maximum atomic E-state index is 14.0. The quantitative estimate of drug-likeness (QED) is 0.155. The molecule has 9 heteroatoms. The van der Waals surface area contributed by atoms with Crippen LogP contribution < -0.4 is 4.90 Å². The van der Waals surface area contributed by atoms with E-state index in [2.05, 4.69) is 0 Å². The van der Waals surface area contributed by atoms with Crippen molar-refractivity contribution in [2.75, 3.05) is 4.90 Å². The highest BCUT2D eigenvalue weighted by atomic mass is 16.6. The lowest BCUT2D eigenvalue weighted by molar-refractivity contribution is -0.384. The summed E-state index contributed by atoms with van der Waals surface area (Å²) in [6.07, 6.45) is 3.52. The molecule has 0 bridgehead atoms. The van der Waals surface area contributed by atoms with Crippen LogP contribution in [-0.4, -0.2) is 33.4 Å². The number of nitro benzene ring substituents is 1. The van der Waals surface area contributed by atoms with E-state index in [-0.39, 0.29) is 41.5 Å². The molecule has 2 amide bonds. The molecular weight excluding hydrogens is 536 g/mol. The standard InChI is InChI=1S/C33H24N2O7/c1-16-13-26(36)29-25(30(16)37)15-24-21(27(29)22-10-9-17-5-2-3-8-20(17)31(22)38)11-12-23-28(24)33(40)34(32(23)39)18-6-4-7-19(14-18)35(41)42/h2-11,13-14,23-24,27-28,38H,12,15H2,1H3/t23-,24+,27+,28-/m0/s1. The number of nitrogens with zero attached hydrogens (tertiary/aromatic N) is 2. The number of benzene rings is 3. The number of nitro groups is 1. The minimum absolute atomic E-state index is 0.00723. The average Bonchev–Trinajstić information content (AvgIpc) is 3.25. The molecule has 3 aromatic carbocycles. The molecule has 9 nitrogen and oxygen atoms in total. The Labute approximate surface area is 239 Å². The number of fused-ring (bicyclic) bond motifs is 4. The Morgan fingerprint density at radius 1 is 0.952 bits per heavy atom.